The number of rotatable bonds is 5. The van der Waals surface area contributed by atoms with E-state index in [1.54, 1.807) is 36.7 Å². The molecule has 3 heterocycles. The van der Waals surface area contributed by atoms with Gasteiger partial charge in [0.2, 0.25) is 5.95 Å². The highest BCUT2D eigenvalue weighted by atomic mass is 16.5. The van der Waals surface area contributed by atoms with Crippen LogP contribution in [0.1, 0.15) is 48.7 Å². The third-order valence-corrected chi connectivity index (χ3v) is 5.28. The summed E-state index contributed by atoms with van der Waals surface area (Å²) in [5.74, 6) is -0.486. The SMILES string of the molecule is Cc1cnc(Nc2cnn(C3C[C@@H](C)O[C@@H](C)C3)c2)nc1-c1ccc(C(=O)O)cc1. The molecule has 0 bridgehead atoms. The standard InChI is InChI=1S/C22H25N5O3/c1-13-10-23-22(26-20(13)16-4-6-17(7-5-16)21(28)29)25-18-11-24-27(12-18)19-8-14(2)30-15(3)9-19/h4-7,10-12,14-15,19H,8-9H2,1-3H3,(H,28,29)(H,23,25,26)/t14-,15+,19?. The molecule has 0 amide bonds. The van der Waals surface area contributed by atoms with E-state index in [2.05, 4.69) is 34.2 Å². The predicted octanol–water partition coefficient (Wildman–Crippen LogP) is 4.22. The van der Waals surface area contributed by atoms with Gasteiger partial charge < -0.3 is 15.2 Å². The van der Waals surface area contributed by atoms with Crippen LogP contribution >= 0.6 is 0 Å². The third-order valence-electron chi connectivity index (χ3n) is 5.28. The smallest absolute Gasteiger partial charge is 0.335 e. The van der Waals surface area contributed by atoms with Crippen molar-refractivity contribution in [3.05, 3.63) is 54.0 Å². The Morgan fingerprint density at radius 2 is 1.87 bits per heavy atom. The maximum Gasteiger partial charge on any atom is 0.335 e. The highest BCUT2D eigenvalue weighted by Crippen LogP contribution is 2.29. The minimum absolute atomic E-state index is 0.217. The number of benzene rings is 1. The Hall–Kier alpha value is -3.26. The Kier molecular flexibility index (Phi) is 5.50. The number of nitrogens with one attached hydrogen (secondary N) is 1. The van der Waals surface area contributed by atoms with E-state index in [0.717, 1.165) is 35.3 Å². The molecule has 0 aliphatic carbocycles. The second-order valence-electron chi connectivity index (χ2n) is 7.82. The van der Waals surface area contributed by atoms with Gasteiger partial charge in [-0.1, -0.05) is 12.1 Å². The lowest BCUT2D eigenvalue weighted by molar-refractivity contribution is -0.0506. The minimum atomic E-state index is -0.950. The molecule has 1 aliphatic rings. The fourth-order valence-electron chi connectivity index (χ4n) is 3.88. The lowest BCUT2D eigenvalue weighted by Gasteiger charge is -2.32. The van der Waals surface area contributed by atoms with Crippen LogP contribution in [0.25, 0.3) is 11.3 Å². The van der Waals surface area contributed by atoms with Crippen LogP contribution in [-0.2, 0) is 4.74 Å². The average Bonchev–Trinajstić information content (AvgIpc) is 3.17. The van der Waals surface area contributed by atoms with Crippen LogP contribution in [0.4, 0.5) is 11.6 Å². The van der Waals surface area contributed by atoms with Gasteiger partial charge in [-0.05, 0) is 51.3 Å². The zero-order valence-electron chi connectivity index (χ0n) is 17.2. The summed E-state index contributed by atoms with van der Waals surface area (Å²) in [7, 11) is 0. The van der Waals surface area contributed by atoms with E-state index < -0.39 is 5.97 Å². The number of carboxylic acids is 1. The first-order valence-corrected chi connectivity index (χ1v) is 10.0. The molecule has 8 nitrogen and oxygen atoms in total. The molecule has 3 atom stereocenters. The van der Waals surface area contributed by atoms with Gasteiger partial charge in [0, 0.05) is 18.0 Å². The van der Waals surface area contributed by atoms with Crippen molar-refractivity contribution in [3.63, 3.8) is 0 Å². The fraction of sp³-hybridized carbons (Fsp3) is 0.364. The quantitative estimate of drug-likeness (QED) is 0.653. The molecular formula is C22H25N5O3. The number of anilines is 2. The second kappa shape index (κ2) is 8.23. The second-order valence-corrected chi connectivity index (χ2v) is 7.82. The molecular weight excluding hydrogens is 382 g/mol. The van der Waals surface area contributed by atoms with Crippen molar-refractivity contribution in [2.24, 2.45) is 0 Å². The van der Waals surface area contributed by atoms with Gasteiger partial charge in [0.05, 0.1) is 41.4 Å². The molecule has 2 aromatic heterocycles. The van der Waals surface area contributed by atoms with Crippen LogP contribution in [0, 0.1) is 6.92 Å². The first-order valence-electron chi connectivity index (χ1n) is 10.0. The number of aromatic nitrogens is 4. The Morgan fingerprint density at radius 1 is 1.17 bits per heavy atom. The highest BCUT2D eigenvalue weighted by molar-refractivity contribution is 5.88. The topological polar surface area (TPSA) is 102 Å². The van der Waals surface area contributed by atoms with Gasteiger partial charge in [0.15, 0.2) is 0 Å². The first kappa shape index (κ1) is 20.0. The Bertz CT molecular complexity index is 1040. The average molecular weight is 407 g/mol. The minimum Gasteiger partial charge on any atom is -0.478 e. The van der Waals surface area contributed by atoms with Gasteiger partial charge in [0.25, 0.3) is 0 Å². The summed E-state index contributed by atoms with van der Waals surface area (Å²) >= 11 is 0. The van der Waals surface area contributed by atoms with Gasteiger partial charge in [0.1, 0.15) is 0 Å². The molecule has 1 aromatic carbocycles. The monoisotopic (exact) mass is 407 g/mol. The number of aryl methyl sites for hydroxylation is 1. The normalized spacial score (nSPS) is 21.4. The highest BCUT2D eigenvalue weighted by Gasteiger charge is 2.26. The Balaban J connectivity index is 1.52. The van der Waals surface area contributed by atoms with Crippen molar-refractivity contribution in [1.82, 2.24) is 19.7 Å². The summed E-state index contributed by atoms with van der Waals surface area (Å²) in [6.07, 6.45) is 7.80. The summed E-state index contributed by atoms with van der Waals surface area (Å²) in [4.78, 5) is 20.1. The number of aromatic carboxylic acids is 1. The van der Waals surface area contributed by atoms with Gasteiger partial charge in [-0.2, -0.15) is 5.10 Å². The Morgan fingerprint density at radius 3 is 2.53 bits per heavy atom. The van der Waals surface area contributed by atoms with Gasteiger partial charge >= 0.3 is 5.97 Å². The van der Waals surface area contributed by atoms with E-state index in [9.17, 15) is 4.79 Å². The van der Waals surface area contributed by atoms with Crippen molar-refractivity contribution in [2.75, 3.05) is 5.32 Å². The predicted molar refractivity (Wildman–Crippen MR) is 113 cm³/mol. The molecule has 156 valence electrons. The largest absolute Gasteiger partial charge is 0.478 e. The third kappa shape index (κ3) is 4.33. The molecule has 1 aliphatic heterocycles. The molecule has 0 saturated carbocycles. The maximum atomic E-state index is 11.1. The van der Waals surface area contributed by atoms with Crippen LogP contribution in [0.2, 0.25) is 0 Å². The molecule has 30 heavy (non-hydrogen) atoms. The van der Waals surface area contributed by atoms with Crippen LogP contribution < -0.4 is 5.32 Å². The number of hydrogen-bond acceptors (Lipinski definition) is 6. The molecule has 1 fully saturated rings. The summed E-state index contributed by atoms with van der Waals surface area (Å²) < 4.78 is 7.80. The molecule has 0 spiro atoms. The summed E-state index contributed by atoms with van der Waals surface area (Å²) in [6.45, 7) is 6.11. The lowest BCUT2D eigenvalue weighted by Crippen LogP contribution is -2.31. The number of carbonyl (C=O) groups is 1. The van der Waals surface area contributed by atoms with Crippen molar-refractivity contribution >= 4 is 17.6 Å². The zero-order valence-corrected chi connectivity index (χ0v) is 17.2. The van der Waals surface area contributed by atoms with E-state index in [-0.39, 0.29) is 17.8 Å². The number of ether oxygens (including phenoxy) is 1. The van der Waals surface area contributed by atoms with E-state index in [0.29, 0.717) is 12.0 Å². The van der Waals surface area contributed by atoms with Crippen molar-refractivity contribution < 1.29 is 14.6 Å². The van der Waals surface area contributed by atoms with Crippen LogP contribution in [0.15, 0.2) is 42.9 Å². The summed E-state index contributed by atoms with van der Waals surface area (Å²) in [6, 6.07) is 6.97. The van der Waals surface area contributed by atoms with E-state index in [1.807, 2.05) is 17.8 Å². The first-order chi connectivity index (χ1) is 14.4. The van der Waals surface area contributed by atoms with Gasteiger partial charge in [-0.25, -0.2) is 14.8 Å². The summed E-state index contributed by atoms with van der Waals surface area (Å²) in [5.41, 5.74) is 3.56. The molecule has 0 radical (unpaired) electrons. The molecule has 1 saturated heterocycles. The van der Waals surface area contributed by atoms with Crippen LogP contribution in [0.5, 0.6) is 0 Å². The van der Waals surface area contributed by atoms with Crippen molar-refractivity contribution in [1.29, 1.82) is 0 Å². The van der Waals surface area contributed by atoms with Gasteiger partial charge in [-0.15, -0.1) is 0 Å². The van der Waals surface area contributed by atoms with E-state index in [4.69, 9.17) is 9.84 Å². The molecule has 1 unspecified atom stereocenters. The number of hydrogen-bond donors (Lipinski definition) is 2. The van der Waals surface area contributed by atoms with E-state index in [1.165, 1.54) is 0 Å². The fourth-order valence-corrected chi connectivity index (χ4v) is 3.88. The molecule has 2 N–H and O–H groups in total. The molecule has 4 rings (SSSR count). The Labute approximate surface area is 174 Å². The maximum absolute atomic E-state index is 11.1. The zero-order chi connectivity index (χ0) is 21.3. The van der Waals surface area contributed by atoms with Gasteiger partial charge in [-0.3, -0.25) is 4.68 Å². The van der Waals surface area contributed by atoms with E-state index >= 15 is 0 Å². The van der Waals surface area contributed by atoms with Crippen molar-refractivity contribution in [2.45, 2.75) is 51.9 Å². The summed E-state index contributed by atoms with van der Waals surface area (Å²) in [5, 5.41) is 16.8. The molecule has 3 aromatic rings. The molecule has 8 heteroatoms. The lowest BCUT2D eigenvalue weighted by atomic mass is 10.0. The van der Waals surface area contributed by atoms with Crippen molar-refractivity contribution in [3.8, 4) is 11.3 Å². The number of nitrogens with zero attached hydrogens (tertiary/aromatic N) is 4. The van der Waals surface area contributed by atoms with Crippen LogP contribution in [0.3, 0.4) is 0 Å². The van der Waals surface area contributed by atoms with Crippen LogP contribution in [-0.4, -0.2) is 43.0 Å². The number of carboxylic acid groups (broad SMARTS) is 1.